The quantitative estimate of drug-likeness (QED) is 0.610. The molecular weight excluding hydrogens is 242 g/mol. The van der Waals surface area contributed by atoms with Gasteiger partial charge in [-0.3, -0.25) is 4.98 Å². The van der Waals surface area contributed by atoms with Crippen LogP contribution in [0.3, 0.4) is 0 Å². The fourth-order valence-electron chi connectivity index (χ4n) is 1.71. The highest BCUT2D eigenvalue weighted by Crippen LogP contribution is 2.25. The van der Waals surface area contributed by atoms with E-state index in [0.29, 0.717) is 0 Å². The summed E-state index contributed by atoms with van der Waals surface area (Å²) >= 11 is 0. The van der Waals surface area contributed by atoms with Crippen LogP contribution in [0.25, 0.3) is 11.1 Å². The molecule has 0 amide bonds. The minimum Gasteiger partial charge on any atom is -0.265 e. The van der Waals surface area contributed by atoms with Gasteiger partial charge in [0.25, 0.3) is 0 Å². The summed E-state index contributed by atoms with van der Waals surface area (Å²) in [6, 6.07) is 12.8. The van der Waals surface area contributed by atoms with E-state index in [9.17, 15) is 0 Å². The van der Waals surface area contributed by atoms with Gasteiger partial charge in [-0.1, -0.05) is 72.7 Å². The smallest absolute Gasteiger partial charge is 0.0273 e. The summed E-state index contributed by atoms with van der Waals surface area (Å²) in [4.78, 5) is 4.03. The Morgan fingerprint density at radius 2 is 1.05 bits per heavy atom. The lowest BCUT2D eigenvalue weighted by Gasteiger charge is -2.19. The van der Waals surface area contributed by atoms with E-state index in [0.717, 1.165) is 0 Å². The molecule has 0 unspecified atom stereocenters. The van der Waals surface area contributed by atoms with E-state index in [2.05, 4.69) is 50.0 Å². The van der Waals surface area contributed by atoms with Crippen LogP contribution >= 0.6 is 0 Å². The molecule has 20 heavy (non-hydrogen) atoms. The molecule has 0 saturated heterocycles. The van der Waals surface area contributed by atoms with Crippen LogP contribution < -0.4 is 0 Å². The summed E-state index contributed by atoms with van der Waals surface area (Å²) in [5.74, 6) is 0. The van der Waals surface area contributed by atoms with Crippen molar-refractivity contribution in [1.29, 1.82) is 0 Å². The van der Waals surface area contributed by atoms with Crippen LogP contribution in [0.2, 0.25) is 0 Å². The minimum absolute atomic E-state index is 0.219. The third-order valence-electron chi connectivity index (χ3n) is 2.76. The number of pyridine rings is 1. The zero-order valence-electron chi connectivity index (χ0n) is 14.1. The van der Waals surface area contributed by atoms with E-state index in [1.807, 2.05) is 52.2 Å². The summed E-state index contributed by atoms with van der Waals surface area (Å²) in [6.07, 6.45) is 3.65. The predicted molar refractivity (Wildman–Crippen MR) is 91.1 cm³/mol. The maximum absolute atomic E-state index is 4.03. The first-order valence-electron chi connectivity index (χ1n) is 7.58. The third-order valence-corrected chi connectivity index (χ3v) is 2.76. The average molecular weight is 271 g/mol. The Balaban J connectivity index is 0.000000829. The van der Waals surface area contributed by atoms with Crippen molar-refractivity contribution in [2.24, 2.45) is 0 Å². The van der Waals surface area contributed by atoms with Crippen molar-refractivity contribution in [2.45, 2.75) is 53.9 Å². The number of hydrogen-bond acceptors (Lipinski definition) is 1. The lowest BCUT2D eigenvalue weighted by atomic mass is 9.86. The SMILES string of the molecule is CC.CC.CC(C)(C)c1ccc(-c2ccncc2)cc1. The maximum atomic E-state index is 4.03. The van der Waals surface area contributed by atoms with Gasteiger partial charge in [-0.25, -0.2) is 0 Å². The molecule has 0 aliphatic carbocycles. The fraction of sp³-hybridized carbons (Fsp3) is 0.421. The Kier molecular flexibility index (Phi) is 8.54. The van der Waals surface area contributed by atoms with Gasteiger partial charge in [-0.15, -0.1) is 0 Å². The molecular formula is C19H29N. The van der Waals surface area contributed by atoms with Crippen LogP contribution in [0.5, 0.6) is 0 Å². The first kappa shape index (κ1) is 18.4. The molecule has 0 aliphatic heterocycles. The summed E-state index contributed by atoms with van der Waals surface area (Å²) in [5.41, 5.74) is 4.05. The lowest BCUT2D eigenvalue weighted by molar-refractivity contribution is 0.590. The van der Waals surface area contributed by atoms with Gasteiger partial charge in [-0.2, -0.15) is 0 Å². The van der Waals surface area contributed by atoms with Gasteiger partial charge >= 0.3 is 0 Å². The number of nitrogens with zero attached hydrogens (tertiary/aromatic N) is 1. The van der Waals surface area contributed by atoms with Gasteiger partial charge in [0.15, 0.2) is 0 Å². The van der Waals surface area contributed by atoms with Gasteiger partial charge in [-0.05, 0) is 34.2 Å². The van der Waals surface area contributed by atoms with Crippen LogP contribution in [-0.2, 0) is 5.41 Å². The molecule has 0 radical (unpaired) electrons. The summed E-state index contributed by atoms with van der Waals surface area (Å²) in [6.45, 7) is 14.7. The highest BCUT2D eigenvalue weighted by molar-refractivity contribution is 5.63. The largest absolute Gasteiger partial charge is 0.265 e. The molecule has 0 atom stereocenters. The monoisotopic (exact) mass is 271 g/mol. The highest BCUT2D eigenvalue weighted by Gasteiger charge is 2.12. The Hall–Kier alpha value is -1.63. The fourth-order valence-corrected chi connectivity index (χ4v) is 1.71. The Morgan fingerprint density at radius 3 is 1.45 bits per heavy atom. The topological polar surface area (TPSA) is 12.9 Å². The third kappa shape index (κ3) is 5.56. The standard InChI is InChI=1S/C15H17N.2C2H6/c1-15(2,3)14-6-4-12(5-7-14)13-8-10-16-11-9-13;2*1-2/h4-11H,1-3H3;2*1-2H3. The van der Waals surface area contributed by atoms with Crippen molar-refractivity contribution in [1.82, 2.24) is 4.98 Å². The van der Waals surface area contributed by atoms with Gasteiger partial charge in [0.05, 0.1) is 0 Å². The van der Waals surface area contributed by atoms with Crippen LogP contribution in [0, 0.1) is 0 Å². The Morgan fingerprint density at radius 1 is 0.650 bits per heavy atom. The van der Waals surface area contributed by atoms with Gasteiger partial charge in [0, 0.05) is 12.4 Å². The van der Waals surface area contributed by atoms with E-state index in [4.69, 9.17) is 0 Å². The molecule has 0 N–H and O–H groups in total. The number of benzene rings is 1. The predicted octanol–water partition coefficient (Wildman–Crippen LogP) is 6.10. The van der Waals surface area contributed by atoms with Crippen molar-refractivity contribution in [3.05, 3.63) is 54.4 Å². The van der Waals surface area contributed by atoms with Crippen molar-refractivity contribution in [3.63, 3.8) is 0 Å². The molecule has 0 bridgehead atoms. The second kappa shape index (κ2) is 9.30. The van der Waals surface area contributed by atoms with Gasteiger partial charge in [0.2, 0.25) is 0 Å². The molecule has 110 valence electrons. The second-order valence-corrected chi connectivity index (χ2v) is 5.06. The zero-order chi connectivity index (χ0) is 15.6. The number of rotatable bonds is 1. The molecule has 0 saturated carbocycles. The van der Waals surface area contributed by atoms with Crippen LogP contribution in [0.15, 0.2) is 48.8 Å². The summed E-state index contributed by atoms with van der Waals surface area (Å²) in [7, 11) is 0. The van der Waals surface area contributed by atoms with Crippen molar-refractivity contribution < 1.29 is 0 Å². The molecule has 0 aliphatic rings. The molecule has 1 aromatic carbocycles. The van der Waals surface area contributed by atoms with Crippen molar-refractivity contribution in [3.8, 4) is 11.1 Å². The van der Waals surface area contributed by atoms with E-state index in [1.165, 1.54) is 16.7 Å². The molecule has 1 heterocycles. The summed E-state index contributed by atoms with van der Waals surface area (Å²) in [5, 5.41) is 0. The van der Waals surface area contributed by atoms with E-state index >= 15 is 0 Å². The molecule has 1 aromatic heterocycles. The zero-order valence-corrected chi connectivity index (χ0v) is 14.1. The van der Waals surface area contributed by atoms with Crippen molar-refractivity contribution in [2.75, 3.05) is 0 Å². The lowest BCUT2D eigenvalue weighted by Crippen LogP contribution is -2.10. The Labute approximate surface area is 125 Å². The minimum atomic E-state index is 0.219. The van der Waals surface area contributed by atoms with Gasteiger partial charge < -0.3 is 0 Å². The van der Waals surface area contributed by atoms with Crippen LogP contribution in [-0.4, -0.2) is 4.98 Å². The number of aromatic nitrogens is 1. The van der Waals surface area contributed by atoms with Crippen molar-refractivity contribution >= 4 is 0 Å². The first-order valence-corrected chi connectivity index (χ1v) is 7.58. The molecule has 1 nitrogen and oxygen atoms in total. The summed E-state index contributed by atoms with van der Waals surface area (Å²) < 4.78 is 0. The van der Waals surface area contributed by atoms with E-state index < -0.39 is 0 Å². The Bertz CT molecular complexity index is 449. The van der Waals surface area contributed by atoms with Gasteiger partial charge in [0.1, 0.15) is 0 Å². The molecule has 1 heteroatoms. The molecule has 2 rings (SSSR count). The highest BCUT2D eigenvalue weighted by atomic mass is 14.6. The normalized spacial score (nSPS) is 9.75. The average Bonchev–Trinajstić information content (AvgIpc) is 2.51. The molecule has 2 aromatic rings. The van der Waals surface area contributed by atoms with E-state index in [-0.39, 0.29) is 5.41 Å². The molecule has 0 fully saturated rings. The second-order valence-electron chi connectivity index (χ2n) is 5.06. The van der Waals surface area contributed by atoms with E-state index in [1.54, 1.807) is 0 Å². The van der Waals surface area contributed by atoms with Crippen LogP contribution in [0.1, 0.15) is 54.0 Å². The van der Waals surface area contributed by atoms with Crippen LogP contribution in [0.4, 0.5) is 0 Å². The first-order chi connectivity index (χ1) is 9.57. The number of hydrogen-bond donors (Lipinski definition) is 0. The maximum Gasteiger partial charge on any atom is 0.0273 e. The molecule has 0 spiro atoms.